The van der Waals surface area contributed by atoms with Crippen molar-refractivity contribution in [2.45, 2.75) is 52.2 Å². The number of nitrogens with one attached hydrogen (secondary N) is 1. The Labute approximate surface area is 141 Å². The summed E-state index contributed by atoms with van der Waals surface area (Å²) in [6, 6.07) is 2.14. The van der Waals surface area contributed by atoms with E-state index in [4.69, 9.17) is 0 Å². The molecule has 3 rings (SSSR count). The summed E-state index contributed by atoms with van der Waals surface area (Å²) in [5.74, 6) is -0.0741. The van der Waals surface area contributed by atoms with Crippen LogP contribution in [0.3, 0.4) is 0 Å². The first-order valence-corrected chi connectivity index (χ1v) is 8.40. The maximum absolute atomic E-state index is 12.8. The minimum absolute atomic E-state index is 0.0741. The Morgan fingerprint density at radius 3 is 2.75 bits per heavy atom. The summed E-state index contributed by atoms with van der Waals surface area (Å²) < 4.78 is 1.73. The summed E-state index contributed by atoms with van der Waals surface area (Å²) in [6.07, 6.45) is 3.09. The van der Waals surface area contributed by atoms with E-state index in [1.54, 1.807) is 15.8 Å². The van der Waals surface area contributed by atoms with Crippen molar-refractivity contribution in [3.05, 3.63) is 34.9 Å². The van der Waals surface area contributed by atoms with Crippen molar-refractivity contribution in [1.82, 2.24) is 24.9 Å². The molecule has 1 saturated heterocycles. The zero-order valence-corrected chi connectivity index (χ0v) is 14.7. The van der Waals surface area contributed by atoms with E-state index in [1.165, 1.54) is 0 Å². The Kier molecular flexibility index (Phi) is 4.21. The van der Waals surface area contributed by atoms with Crippen molar-refractivity contribution in [3.63, 3.8) is 0 Å². The minimum atomic E-state index is -1.14. The highest BCUT2D eigenvalue weighted by Crippen LogP contribution is 2.31. The molecule has 2 aromatic heterocycles. The van der Waals surface area contributed by atoms with Crippen molar-refractivity contribution in [2.24, 2.45) is 0 Å². The molecular formula is C17H25N5O2. The topological polar surface area (TPSA) is 87.0 Å². The van der Waals surface area contributed by atoms with Gasteiger partial charge in [0.2, 0.25) is 0 Å². The Bertz CT molecular complexity index is 748. The number of hydrogen-bond acceptors (Lipinski definition) is 4. The highest BCUT2D eigenvalue weighted by molar-refractivity contribution is 5.94. The lowest BCUT2D eigenvalue weighted by Crippen LogP contribution is -2.49. The van der Waals surface area contributed by atoms with Crippen LogP contribution in [0.1, 0.15) is 60.2 Å². The summed E-state index contributed by atoms with van der Waals surface area (Å²) in [6.45, 7) is 8.74. The van der Waals surface area contributed by atoms with Crippen LogP contribution in [0.2, 0.25) is 0 Å². The minimum Gasteiger partial charge on any atom is -0.382 e. The van der Waals surface area contributed by atoms with Crippen LogP contribution in [-0.2, 0) is 5.60 Å². The molecule has 24 heavy (non-hydrogen) atoms. The van der Waals surface area contributed by atoms with E-state index in [0.29, 0.717) is 24.4 Å². The van der Waals surface area contributed by atoms with Crippen molar-refractivity contribution in [1.29, 1.82) is 0 Å². The highest BCUT2D eigenvalue weighted by Gasteiger charge is 2.39. The number of carbonyl (C=O) groups is 1. The molecule has 0 saturated carbocycles. The molecule has 0 bridgehead atoms. The molecular weight excluding hydrogens is 306 g/mol. The molecule has 1 aliphatic heterocycles. The second kappa shape index (κ2) is 6.05. The molecule has 7 nitrogen and oxygen atoms in total. The van der Waals surface area contributed by atoms with Gasteiger partial charge in [-0.05, 0) is 52.2 Å². The largest absolute Gasteiger partial charge is 0.382 e. The third-order valence-electron chi connectivity index (χ3n) is 4.64. The number of piperidine rings is 1. The van der Waals surface area contributed by atoms with Crippen LogP contribution in [0, 0.1) is 13.8 Å². The second-order valence-corrected chi connectivity index (χ2v) is 7.05. The van der Waals surface area contributed by atoms with Crippen molar-refractivity contribution in [3.8, 4) is 0 Å². The van der Waals surface area contributed by atoms with E-state index < -0.39 is 5.60 Å². The number of likely N-dealkylation sites (tertiary alicyclic amines) is 1. The molecule has 0 aromatic carbocycles. The summed E-state index contributed by atoms with van der Waals surface area (Å²) in [7, 11) is 0. The molecule has 1 aliphatic rings. The average Bonchev–Trinajstić information content (AvgIpc) is 3.14. The Morgan fingerprint density at radius 2 is 2.17 bits per heavy atom. The van der Waals surface area contributed by atoms with E-state index in [1.807, 2.05) is 33.8 Å². The highest BCUT2D eigenvalue weighted by atomic mass is 16.3. The van der Waals surface area contributed by atoms with Gasteiger partial charge in [-0.15, -0.1) is 5.10 Å². The average molecular weight is 331 g/mol. The number of H-pyrrole nitrogens is 1. The van der Waals surface area contributed by atoms with Gasteiger partial charge in [0.1, 0.15) is 17.0 Å². The van der Waals surface area contributed by atoms with Gasteiger partial charge in [0, 0.05) is 18.3 Å². The first-order valence-electron chi connectivity index (χ1n) is 8.40. The van der Waals surface area contributed by atoms with Gasteiger partial charge in [-0.2, -0.15) is 0 Å². The summed E-state index contributed by atoms with van der Waals surface area (Å²) in [5.41, 5.74) is 1.88. The number of aromatic nitrogens is 4. The number of aliphatic hydroxyl groups is 1. The van der Waals surface area contributed by atoms with Crippen molar-refractivity contribution in [2.75, 3.05) is 13.1 Å². The molecule has 1 fully saturated rings. The van der Waals surface area contributed by atoms with Gasteiger partial charge >= 0.3 is 0 Å². The maximum Gasteiger partial charge on any atom is 0.270 e. The first-order chi connectivity index (χ1) is 11.3. The molecule has 1 amide bonds. The van der Waals surface area contributed by atoms with Crippen LogP contribution in [0.25, 0.3) is 0 Å². The molecule has 2 N–H and O–H groups in total. The van der Waals surface area contributed by atoms with Crippen LogP contribution < -0.4 is 0 Å². The van der Waals surface area contributed by atoms with Gasteiger partial charge in [-0.1, -0.05) is 5.21 Å². The fourth-order valence-electron chi connectivity index (χ4n) is 3.27. The summed E-state index contributed by atoms with van der Waals surface area (Å²) in [5, 5.41) is 19.3. The normalized spacial score (nSPS) is 21.5. The van der Waals surface area contributed by atoms with Crippen LogP contribution in [0.15, 0.2) is 12.3 Å². The molecule has 1 unspecified atom stereocenters. The van der Waals surface area contributed by atoms with Crippen LogP contribution in [0.4, 0.5) is 0 Å². The molecule has 1 atom stereocenters. The first kappa shape index (κ1) is 16.7. The Morgan fingerprint density at radius 1 is 1.42 bits per heavy atom. The zero-order valence-electron chi connectivity index (χ0n) is 14.7. The van der Waals surface area contributed by atoms with E-state index >= 15 is 0 Å². The number of rotatable bonds is 3. The van der Waals surface area contributed by atoms with Gasteiger partial charge in [0.25, 0.3) is 5.91 Å². The number of nitrogens with zero attached hydrogens (tertiary/aromatic N) is 4. The van der Waals surface area contributed by atoms with Gasteiger partial charge in [-0.25, -0.2) is 4.68 Å². The lowest BCUT2D eigenvalue weighted by molar-refractivity contribution is -0.0322. The lowest BCUT2D eigenvalue weighted by Gasteiger charge is -2.37. The number of aromatic amines is 1. The van der Waals surface area contributed by atoms with E-state index in [-0.39, 0.29) is 18.5 Å². The third kappa shape index (κ3) is 2.96. The van der Waals surface area contributed by atoms with Gasteiger partial charge in [-0.3, -0.25) is 4.79 Å². The van der Waals surface area contributed by atoms with Gasteiger partial charge in [0.15, 0.2) is 0 Å². The standard InChI is InChI=1S/C17H25N5O2/c1-11(2)22-9-14(19-20-22)17(24)6-5-7-21(10-17)16(23)15-12(3)8-13(4)18-15/h8-9,11,18,24H,5-7,10H2,1-4H3. The molecule has 0 spiro atoms. The number of hydrogen-bond donors (Lipinski definition) is 2. The summed E-state index contributed by atoms with van der Waals surface area (Å²) in [4.78, 5) is 17.6. The van der Waals surface area contributed by atoms with Gasteiger partial charge < -0.3 is 15.0 Å². The van der Waals surface area contributed by atoms with E-state index in [9.17, 15) is 9.90 Å². The van der Waals surface area contributed by atoms with Crippen LogP contribution in [-0.4, -0.2) is 49.0 Å². The molecule has 3 heterocycles. The van der Waals surface area contributed by atoms with Gasteiger partial charge in [0.05, 0.1) is 12.7 Å². The lowest BCUT2D eigenvalue weighted by atomic mass is 9.89. The Balaban J connectivity index is 1.82. The second-order valence-electron chi connectivity index (χ2n) is 7.05. The predicted octanol–water partition coefficient (Wildman–Crippen LogP) is 1.93. The molecule has 130 valence electrons. The van der Waals surface area contributed by atoms with Crippen LogP contribution in [0.5, 0.6) is 0 Å². The molecule has 7 heteroatoms. The number of aryl methyl sites for hydroxylation is 2. The molecule has 0 radical (unpaired) electrons. The van der Waals surface area contributed by atoms with E-state index in [2.05, 4.69) is 15.3 Å². The van der Waals surface area contributed by atoms with Crippen molar-refractivity contribution < 1.29 is 9.90 Å². The fourth-order valence-corrected chi connectivity index (χ4v) is 3.27. The monoisotopic (exact) mass is 331 g/mol. The number of amides is 1. The predicted molar refractivity (Wildman–Crippen MR) is 89.7 cm³/mol. The Hall–Kier alpha value is -2.15. The number of carbonyl (C=O) groups excluding carboxylic acids is 1. The van der Waals surface area contributed by atoms with Crippen LogP contribution >= 0.6 is 0 Å². The smallest absolute Gasteiger partial charge is 0.270 e. The summed E-state index contributed by atoms with van der Waals surface area (Å²) >= 11 is 0. The quantitative estimate of drug-likeness (QED) is 0.899. The van der Waals surface area contributed by atoms with Crippen molar-refractivity contribution >= 4 is 5.91 Å². The number of β-amino-alcohol motifs (C(OH)–C–C–N with tert-alkyl or cyclic N) is 1. The van der Waals surface area contributed by atoms with E-state index in [0.717, 1.165) is 17.7 Å². The molecule has 0 aliphatic carbocycles. The maximum atomic E-state index is 12.8. The fraction of sp³-hybridized carbons (Fsp3) is 0.588. The zero-order chi connectivity index (χ0) is 17.5. The third-order valence-corrected chi connectivity index (χ3v) is 4.64. The SMILES string of the molecule is Cc1cc(C)c(C(=O)N2CCCC(O)(c3cn(C(C)C)nn3)C2)[nH]1. The molecule has 2 aromatic rings.